The zero-order valence-electron chi connectivity index (χ0n) is 21.0. The van der Waals surface area contributed by atoms with Gasteiger partial charge in [-0.1, -0.05) is 6.07 Å². The van der Waals surface area contributed by atoms with Crippen LogP contribution in [0.3, 0.4) is 0 Å². The summed E-state index contributed by atoms with van der Waals surface area (Å²) in [5.74, 6) is 1.63. The Hall–Kier alpha value is -3.55. The summed E-state index contributed by atoms with van der Waals surface area (Å²) in [7, 11) is -0.320. The molecule has 2 N–H and O–H groups in total. The van der Waals surface area contributed by atoms with Gasteiger partial charge in [-0.05, 0) is 73.2 Å². The Balaban J connectivity index is 1.45. The summed E-state index contributed by atoms with van der Waals surface area (Å²) >= 11 is 0. The Bertz CT molecular complexity index is 1500. The van der Waals surface area contributed by atoms with Crippen LogP contribution >= 0.6 is 0 Å². The smallest absolute Gasteiger partial charge is 0.229 e. The van der Waals surface area contributed by atoms with Gasteiger partial charge in [-0.25, -0.2) is 14.2 Å². The van der Waals surface area contributed by atoms with Crippen molar-refractivity contribution < 1.29 is 5.58 Å². The van der Waals surface area contributed by atoms with Crippen LogP contribution in [-0.2, 0) is 22.7 Å². The zero-order chi connectivity index (χ0) is 25.4. The minimum atomic E-state index is -2.49. The monoisotopic (exact) mass is 489 g/mol. The van der Waals surface area contributed by atoms with Crippen LogP contribution < -0.4 is 10.6 Å². The fourth-order valence-electron chi connectivity index (χ4n) is 4.88. The molecule has 0 amide bonds. The van der Waals surface area contributed by atoms with Crippen LogP contribution in [0, 0.1) is 11.3 Å². The van der Waals surface area contributed by atoms with Crippen LogP contribution in [0.5, 0.6) is 0 Å². The van der Waals surface area contributed by atoms with Gasteiger partial charge in [-0.15, -0.1) is 0 Å². The largest absolute Gasteiger partial charge is 0.324 e. The van der Waals surface area contributed by atoms with Crippen LogP contribution in [0.2, 0.25) is 0 Å². The maximum absolute atomic E-state index is 12.1. The molecular weight excluding hydrogens is 460 g/mol. The van der Waals surface area contributed by atoms with Crippen LogP contribution in [0.15, 0.2) is 40.9 Å². The Labute approximate surface area is 207 Å². The van der Waals surface area contributed by atoms with E-state index in [-0.39, 0.29) is 23.2 Å². The molecule has 2 aliphatic rings. The topological polar surface area (TPSA) is 119 Å². The Morgan fingerprint density at radius 2 is 2.11 bits per heavy atom. The second-order valence-corrected chi connectivity index (χ2v) is 11.9. The number of likely N-dealkylation sites (N-methyl/N-ethyl adjacent to an activating group) is 1. The third kappa shape index (κ3) is 5.26. The van der Waals surface area contributed by atoms with Crippen molar-refractivity contribution in [1.29, 1.82) is 5.26 Å². The van der Waals surface area contributed by atoms with Gasteiger partial charge < -0.3 is 15.5 Å². The van der Waals surface area contributed by atoms with Crippen LogP contribution in [0.1, 0.15) is 42.4 Å². The maximum atomic E-state index is 12.1. The number of hydrogen-bond acceptors (Lipinski definition) is 9. The highest BCUT2D eigenvalue weighted by Crippen LogP contribution is 2.40. The molecule has 3 aromatic rings. The molecule has 1 atom stereocenters. The maximum Gasteiger partial charge on any atom is 0.229 e. The van der Waals surface area contributed by atoms with E-state index in [0.29, 0.717) is 17.7 Å². The molecule has 0 saturated heterocycles. The highest BCUT2D eigenvalue weighted by atomic mass is 32.2. The van der Waals surface area contributed by atoms with E-state index in [1.807, 2.05) is 0 Å². The van der Waals surface area contributed by atoms with E-state index in [9.17, 15) is 9.47 Å². The van der Waals surface area contributed by atoms with Gasteiger partial charge in [0.05, 0.1) is 7.57 Å². The molecule has 0 radical (unpaired) electrons. The first-order valence-corrected chi connectivity index (χ1v) is 13.8. The number of pyridine rings is 1. The van der Waals surface area contributed by atoms with E-state index in [4.69, 9.17) is 1.37 Å². The third-order valence-electron chi connectivity index (χ3n) is 6.13. The number of benzene rings is 1. The number of aromatic nitrogens is 3. The quantitative estimate of drug-likeness (QED) is 0.539. The van der Waals surface area contributed by atoms with Crippen molar-refractivity contribution in [2.45, 2.75) is 31.7 Å². The number of rotatable bonds is 5. The van der Waals surface area contributed by atoms with Gasteiger partial charge in [0, 0.05) is 41.0 Å². The average Bonchev–Trinajstić information content (AvgIpc) is 2.80. The molecule has 180 valence electrons. The van der Waals surface area contributed by atoms with Crippen molar-refractivity contribution in [3.05, 3.63) is 58.8 Å². The molecule has 1 unspecified atom stereocenters. The molecular formula is C25H28N8OS. The summed E-state index contributed by atoms with van der Waals surface area (Å²) in [4.78, 5) is 15.5. The van der Waals surface area contributed by atoms with Crippen molar-refractivity contribution in [2.24, 2.45) is 4.36 Å². The lowest BCUT2D eigenvalue weighted by molar-refractivity contribution is 0.266. The van der Waals surface area contributed by atoms with Gasteiger partial charge in [0.1, 0.15) is 17.5 Å². The molecule has 10 heteroatoms. The van der Waals surface area contributed by atoms with Crippen LogP contribution in [0.25, 0.3) is 0 Å². The lowest BCUT2D eigenvalue weighted by Gasteiger charge is -2.37. The van der Waals surface area contributed by atoms with Crippen molar-refractivity contribution >= 4 is 38.8 Å². The second kappa shape index (κ2) is 9.24. The number of aryl methyl sites for hydroxylation is 1. The van der Waals surface area contributed by atoms with Crippen molar-refractivity contribution in [1.82, 2.24) is 19.9 Å². The van der Waals surface area contributed by atoms with Crippen molar-refractivity contribution in [2.75, 3.05) is 36.7 Å². The van der Waals surface area contributed by atoms with E-state index in [1.54, 1.807) is 6.07 Å². The van der Waals surface area contributed by atoms with E-state index in [0.717, 1.165) is 25.2 Å². The number of nitriles is 1. The fourth-order valence-corrected chi connectivity index (χ4v) is 5.39. The predicted molar refractivity (Wildman–Crippen MR) is 138 cm³/mol. The van der Waals surface area contributed by atoms with Gasteiger partial charge in [0.15, 0.2) is 11.6 Å². The van der Waals surface area contributed by atoms with Gasteiger partial charge in [0.25, 0.3) is 0 Å². The highest BCUT2D eigenvalue weighted by molar-refractivity contribution is 7.92. The first-order valence-electron chi connectivity index (χ1n) is 12.0. The second-order valence-electron chi connectivity index (χ2n) is 9.38. The molecule has 0 bridgehead atoms. The minimum Gasteiger partial charge on any atom is -0.324 e. The summed E-state index contributed by atoms with van der Waals surface area (Å²) in [5, 5.41) is 15.9. The number of anilines is 4. The molecule has 0 spiro atoms. The first kappa shape index (κ1) is 21.9. The third-order valence-corrected chi connectivity index (χ3v) is 6.74. The van der Waals surface area contributed by atoms with E-state index >= 15 is 0 Å². The molecule has 1 aromatic carbocycles. The van der Waals surface area contributed by atoms with Gasteiger partial charge in [0.2, 0.25) is 5.95 Å². The molecule has 2 aromatic heterocycles. The summed E-state index contributed by atoms with van der Waals surface area (Å²) in [6.45, 7) is 2.03. The number of nitrogens with zero attached hydrogens (tertiary/aromatic N) is 6. The molecule has 0 saturated carbocycles. The molecule has 0 fully saturated rings. The van der Waals surface area contributed by atoms with E-state index < -0.39 is 9.73 Å². The molecule has 1 aliphatic carbocycles. The molecule has 35 heavy (non-hydrogen) atoms. The SMILES string of the molecule is [2H]c1ccc(Nc2nc(Nc3cc4c5c(c3)CN(C)CC5CCC4)ncc2C#N)nc1N=S(C)(C)=O. The first-order chi connectivity index (χ1) is 17.2. The van der Waals surface area contributed by atoms with Gasteiger partial charge in [-0.3, -0.25) is 0 Å². The normalized spacial score (nSPS) is 17.7. The van der Waals surface area contributed by atoms with Gasteiger partial charge >= 0.3 is 0 Å². The van der Waals surface area contributed by atoms with Crippen molar-refractivity contribution in [3.8, 4) is 6.07 Å². The lowest BCUT2D eigenvalue weighted by atomic mass is 9.77. The number of hydrogen-bond donors (Lipinski definition) is 2. The molecule has 1 aliphatic heterocycles. The molecule has 3 heterocycles. The van der Waals surface area contributed by atoms with E-state index in [2.05, 4.69) is 60.1 Å². The summed E-state index contributed by atoms with van der Waals surface area (Å²) < 4.78 is 24.1. The standard InChI is InChI=1S/C25H28N8OS/c1-33-14-17-7-4-6-16-10-20(11-18(15-33)23(16)17)28-25-27-13-19(12-26)24(31-25)30-21-8-5-9-22(29-21)32-35(2,3)34/h5,8-11,13,17H,4,6-7,14-15H2,1-3H3,(H2,27,28,29,30,31)/i9D. The molecule has 9 nitrogen and oxygen atoms in total. The van der Waals surface area contributed by atoms with Crippen LogP contribution in [0.4, 0.5) is 29.1 Å². The zero-order valence-corrected chi connectivity index (χ0v) is 20.8. The summed E-state index contributed by atoms with van der Waals surface area (Å²) in [5.41, 5.74) is 5.43. The Morgan fingerprint density at radius 1 is 1.29 bits per heavy atom. The summed E-state index contributed by atoms with van der Waals surface area (Å²) in [6, 6.07) is 9.62. The highest BCUT2D eigenvalue weighted by Gasteiger charge is 2.29. The van der Waals surface area contributed by atoms with Gasteiger partial charge in [-0.2, -0.15) is 14.6 Å². The van der Waals surface area contributed by atoms with E-state index in [1.165, 1.54) is 54.3 Å². The molecule has 5 rings (SSSR count). The minimum absolute atomic E-state index is 0.0618. The van der Waals surface area contributed by atoms with Crippen LogP contribution in [-0.4, -0.2) is 50.2 Å². The number of nitrogens with one attached hydrogen (secondary N) is 2. The Morgan fingerprint density at radius 3 is 2.91 bits per heavy atom. The lowest BCUT2D eigenvalue weighted by Crippen LogP contribution is -2.33. The average molecular weight is 490 g/mol. The predicted octanol–water partition coefficient (Wildman–Crippen LogP) is 4.45. The fraction of sp³-hybridized carbons (Fsp3) is 0.360. The Kier molecular flexibility index (Phi) is 5.80. The summed E-state index contributed by atoms with van der Waals surface area (Å²) in [6.07, 6.45) is 7.93. The van der Waals surface area contributed by atoms with Crippen molar-refractivity contribution in [3.63, 3.8) is 0 Å².